The van der Waals surface area contributed by atoms with Crippen LogP contribution in [-0.2, 0) is 16.1 Å². The van der Waals surface area contributed by atoms with Gasteiger partial charge in [-0.05, 0) is 13.8 Å². The van der Waals surface area contributed by atoms with Gasteiger partial charge < -0.3 is 15.0 Å². The summed E-state index contributed by atoms with van der Waals surface area (Å²) in [5, 5.41) is 8.71. The molecule has 1 aliphatic rings. The molecule has 94 valence electrons. The predicted molar refractivity (Wildman–Crippen MR) is 63.5 cm³/mol. The zero-order valence-corrected chi connectivity index (χ0v) is 10.7. The van der Waals surface area contributed by atoms with Gasteiger partial charge in [0, 0.05) is 12.5 Å². The lowest BCUT2D eigenvalue weighted by Crippen LogP contribution is -2.14. The lowest BCUT2D eigenvalue weighted by molar-refractivity contribution is -0.137. The maximum Gasteiger partial charge on any atom is 0.319 e. The number of hydrogen-bond acceptors (Lipinski definition) is 6. The first kappa shape index (κ1) is 12.4. The van der Waals surface area contributed by atoms with Gasteiger partial charge in [-0.25, -0.2) is 0 Å². The van der Waals surface area contributed by atoms with E-state index in [1.807, 2.05) is 18.4 Å². The largest absolute Gasteiger partial charge is 0.465 e. The van der Waals surface area contributed by atoms with Crippen molar-refractivity contribution >= 4 is 17.7 Å². The van der Waals surface area contributed by atoms with Crippen LogP contribution in [0.15, 0.2) is 5.16 Å². The van der Waals surface area contributed by atoms with Crippen LogP contribution < -0.4 is 5.73 Å². The molecule has 0 saturated carbocycles. The number of thioether (sulfide) groups is 1. The molecule has 1 atom stereocenters. The second-order valence-electron chi connectivity index (χ2n) is 4.13. The van der Waals surface area contributed by atoms with Crippen LogP contribution in [0, 0.1) is 0 Å². The number of nitrogens with zero attached hydrogens (tertiary/aromatic N) is 3. The third-order valence-corrected chi connectivity index (χ3v) is 3.77. The number of carbonyl (C=O) groups excluding carboxylic acids is 1. The molecule has 1 fully saturated rings. The summed E-state index contributed by atoms with van der Waals surface area (Å²) < 4.78 is 6.90. The molecule has 1 aromatic rings. The van der Waals surface area contributed by atoms with Gasteiger partial charge in [0.15, 0.2) is 5.16 Å². The normalized spacial score (nSPS) is 20.0. The van der Waals surface area contributed by atoms with Crippen molar-refractivity contribution in [2.24, 2.45) is 5.73 Å². The van der Waals surface area contributed by atoms with Crippen molar-refractivity contribution in [3.05, 3.63) is 5.82 Å². The Kier molecular flexibility index (Phi) is 3.68. The predicted octanol–water partition coefficient (Wildman–Crippen LogP) is 0.725. The van der Waals surface area contributed by atoms with Crippen LogP contribution in [0.2, 0.25) is 0 Å². The number of cyclic esters (lactones) is 1. The third-order valence-electron chi connectivity index (χ3n) is 2.57. The van der Waals surface area contributed by atoms with E-state index < -0.39 is 0 Å². The molecule has 2 rings (SSSR count). The van der Waals surface area contributed by atoms with Crippen molar-refractivity contribution in [2.75, 3.05) is 6.61 Å². The molecule has 1 unspecified atom stereocenters. The third kappa shape index (κ3) is 2.44. The Balaban J connectivity index is 2.20. The topological polar surface area (TPSA) is 83.0 Å². The maximum atomic E-state index is 11.4. The van der Waals surface area contributed by atoms with E-state index in [-0.39, 0.29) is 17.3 Å². The van der Waals surface area contributed by atoms with Crippen LogP contribution in [0.4, 0.5) is 0 Å². The minimum absolute atomic E-state index is 0.164. The van der Waals surface area contributed by atoms with Crippen LogP contribution >= 0.6 is 11.8 Å². The Morgan fingerprint density at radius 3 is 2.88 bits per heavy atom. The molecule has 2 N–H and O–H groups in total. The quantitative estimate of drug-likeness (QED) is 0.799. The number of esters is 1. The molecule has 2 heterocycles. The van der Waals surface area contributed by atoms with Crippen LogP contribution in [0.1, 0.15) is 32.1 Å². The molecule has 1 saturated heterocycles. The van der Waals surface area contributed by atoms with Gasteiger partial charge in [-0.15, -0.1) is 10.2 Å². The first-order chi connectivity index (χ1) is 8.13. The molecule has 0 spiro atoms. The standard InChI is InChI=1S/C10H16N4O2S/c1-6(2)14-8(5-11)12-13-10(14)17-7-3-4-16-9(7)15/h6-7H,3-5,11H2,1-2H3. The number of nitrogens with two attached hydrogens (primary N) is 1. The summed E-state index contributed by atoms with van der Waals surface area (Å²) in [6.45, 7) is 4.93. The fourth-order valence-corrected chi connectivity index (χ4v) is 2.91. The van der Waals surface area contributed by atoms with Crippen LogP contribution in [0.25, 0.3) is 0 Å². The minimum Gasteiger partial charge on any atom is -0.465 e. The van der Waals surface area contributed by atoms with Crippen molar-refractivity contribution < 1.29 is 9.53 Å². The average Bonchev–Trinajstić information content (AvgIpc) is 2.86. The maximum absolute atomic E-state index is 11.4. The van der Waals surface area contributed by atoms with Gasteiger partial charge in [-0.2, -0.15) is 0 Å². The summed E-state index contributed by atoms with van der Waals surface area (Å²) in [5.74, 6) is 0.580. The van der Waals surface area contributed by atoms with Gasteiger partial charge in [-0.3, -0.25) is 4.79 Å². The molecule has 17 heavy (non-hydrogen) atoms. The van der Waals surface area contributed by atoms with Gasteiger partial charge in [-0.1, -0.05) is 11.8 Å². The first-order valence-corrected chi connectivity index (χ1v) is 6.48. The summed E-state index contributed by atoms with van der Waals surface area (Å²) in [7, 11) is 0. The van der Waals surface area contributed by atoms with Crippen LogP contribution in [-0.4, -0.2) is 32.6 Å². The second-order valence-corrected chi connectivity index (χ2v) is 5.30. The Labute approximate surface area is 104 Å². The van der Waals surface area contributed by atoms with E-state index in [4.69, 9.17) is 10.5 Å². The van der Waals surface area contributed by atoms with Gasteiger partial charge in [0.2, 0.25) is 0 Å². The fraction of sp³-hybridized carbons (Fsp3) is 0.700. The highest BCUT2D eigenvalue weighted by Crippen LogP contribution is 2.30. The van der Waals surface area contributed by atoms with E-state index in [1.54, 1.807) is 0 Å². The SMILES string of the molecule is CC(C)n1c(CN)nnc1SC1CCOC1=O. The zero-order chi connectivity index (χ0) is 12.4. The lowest BCUT2D eigenvalue weighted by Gasteiger charge is -2.13. The summed E-state index contributed by atoms with van der Waals surface area (Å²) in [6.07, 6.45) is 0.729. The number of rotatable bonds is 4. The molecule has 7 heteroatoms. The van der Waals surface area contributed by atoms with Crippen molar-refractivity contribution in [3.63, 3.8) is 0 Å². The van der Waals surface area contributed by atoms with Crippen molar-refractivity contribution in [2.45, 2.75) is 43.3 Å². The van der Waals surface area contributed by atoms with E-state index in [9.17, 15) is 4.79 Å². The highest BCUT2D eigenvalue weighted by Gasteiger charge is 2.30. The Morgan fingerprint density at radius 1 is 1.59 bits per heavy atom. The van der Waals surface area contributed by atoms with E-state index in [1.165, 1.54) is 11.8 Å². The molecule has 0 bridgehead atoms. The Morgan fingerprint density at radius 2 is 2.35 bits per heavy atom. The Hall–Kier alpha value is -1.08. The summed E-state index contributed by atoms with van der Waals surface area (Å²) in [4.78, 5) is 11.4. The smallest absolute Gasteiger partial charge is 0.319 e. The summed E-state index contributed by atoms with van der Waals surface area (Å²) >= 11 is 1.41. The monoisotopic (exact) mass is 256 g/mol. The highest BCUT2D eigenvalue weighted by molar-refractivity contribution is 8.00. The van der Waals surface area contributed by atoms with Gasteiger partial charge in [0.05, 0.1) is 13.2 Å². The first-order valence-electron chi connectivity index (χ1n) is 5.60. The van der Waals surface area contributed by atoms with Crippen molar-refractivity contribution in [3.8, 4) is 0 Å². The molecule has 1 aromatic heterocycles. The number of aromatic nitrogens is 3. The van der Waals surface area contributed by atoms with Crippen molar-refractivity contribution in [1.29, 1.82) is 0 Å². The number of carbonyl (C=O) groups is 1. The van der Waals surface area contributed by atoms with Gasteiger partial charge in [0.1, 0.15) is 11.1 Å². The van der Waals surface area contributed by atoms with Gasteiger partial charge in [0.25, 0.3) is 0 Å². The van der Waals surface area contributed by atoms with Crippen LogP contribution in [0.5, 0.6) is 0 Å². The van der Waals surface area contributed by atoms with Crippen molar-refractivity contribution in [1.82, 2.24) is 14.8 Å². The molecule has 0 aromatic carbocycles. The highest BCUT2D eigenvalue weighted by atomic mass is 32.2. The lowest BCUT2D eigenvalue weighted by atomic mass is 10.4. The molecule has 0 radical (unpaired) electrons. The molecular weight excluding hydrogens is 240 g/mol. The summed E-state index contributed by atoms with van der Waals surface area (Å²) in [5.41, 5.74) is 5.61. The van der Waals surface area contributed by atoms with Crippen LogP contribution in [0.3, 0.4) is 0 Å². The molecule has 6 nitrogen and oxygen atoms in total. The Bertz CT molecular complexity index is 418. The number of ether oxygens (including phenoxy) is 1. The minimum atomic E-state index is -0.165. The zero-order valence-electron chi connectivity index (χ0n) is 9.92. The van der Waals surface area contributed by atoms with E-state index >= 15 is 0 Å². The van der Waals surface area contributed by atoms with E-state index in [2.05, 4.69) is 10.2 Å². The van der Waals surface area contributed by atoms with Gasteiger partial charge >= 0.3 is 5.97 Å². The average molecular weight is 256 g/mol. The second kappa shape index (κ2) is 5.05. The van der Waals surface area contributed by atoms with E-state index in [0.717, 1.165) is 17.4 Å². The molecule has 0 amide bonds. The molecule has 0 aliphatic carbocycles. The van der Waals surface area contributed by atoms with E-state index in [0.29, 0.717) is 13.2 Å². The molecular formula is C10H16N4O2S. The summed E-state index contributed by atoms with van der Waals surface area (Å²) in [6, 6.07) is 0.225. The molecule has 1 aliphatic heterocycles. The fourth-order valence-electron chi connectivity index (χ4n) is 1.76. The number of hydrogen-bond donors (Lipinski definition) is 1.